The fourth-order valence-corrected chi connectivity index (χ4v) is 1.92. The van der Waals surface area contributed by atoms with Gasteiger partial charge in [0, 0.05) is 6.54 Å². The Hall–Kier alpha value is -1.30. The summed E-state index contributed by atoms with van der Waals surface area (Å²) in [5, 5.41) is 9.00. The highest BCUT2D eigenvalue weighted by Crippen LogP contribution is 2.17. The van der Waals surface area contributed by atoms with E-state index in [-0.39, 0.29) is 0 Å². The molecule has 1 saturated heterocycles. The second kappa shape index (κ2) is 3.45. The number of nitrogens with zero attached hydrogens (tertiary/aromatic N) is 3. The number of hydrogen-bond donors (Lipinski definition) is 2. The van der Waals surface area contributed by atoms with E-state index in [1.165, 1.54) is 0 Å². The van der Waals surface area contributed by atoms with Gasteiger partial charge in [-0.25, -0.2) is 4.99 Å². The van der Waals surface area contributed by atoms with Crippen molar-refractivity contribution in [3.8, 4) is 0 Å². The first-order valence-corrected chi connectivity index (χ1v) is 4.70. The zero-order valence-corrected chi connectivity index (χ0v) is 7.89. The van der Waals surface area contributed by atoms with Gasteiger partial charge in [0.05, 0.1) is 13.3 Å². The maximum atomic E-state index is 10.9. The Kier molecular flexibility index (Phi) is 2.28. The van der Waals surface area contributed by atoms with Crippen molar-refractivity contribution in [2.75, 3.05) is 19.9 Å². The van der Waals surface area contributed by atoms with Crippen LogP contribution in [0.2, 0.25) is 0 Å². The van der Waals surface area contributed by atoms with Crippen LogP contribution in [0.1, 0.15) is 12.8 Å². The van der Waals surface area contributed by atoms with Gasteiger partial charge in [-0.05, 0) is 12.8 Å². The van der Waals surface area contributed by atoms with E-state index in [1.807, 2.05) is 9.80 Å². The van der Waals surface area contributed by atoms with Gasteiger partial charge in [-0.2, -0.15) is 0 Å². The van der Waals surface area contributed by atoms with Crippen LogP contribution in [-0.2, 0) is 4.79 Å². The van der Waals surface area contributed by atoms with Crippen molar-refractivity contribution in [1.82, 2.24) is 9.80 Å². The molecule has 0 aromatic carbocycles. The Morgan fingerprint density at radius 2 is 2.43 bits per heavy atom. The summed E-state index contributed by atoms with van der Waals surface area (Å²) in [5.41, 5.74) is 5.68. The first-order valence-electron chi connectivity index (χ1n) is 4.70. The molecular formula is C8H14N4O2. The fourth-order valence-electron chi connectivity index (χ4n) is 1.92. The van der Waals surface area contributed by atoms with Gasteiger partial charge in [0.15, 0.2) is 5.96 Å². The van der Waals surface area contributed by atoms with Crippen molar-refractivity contribution in [1.29, 1.82) is 0 Å². The van der Waals surface area contributed by atoms with Gasteiger partial charge in [-0.15, -0.1) is 0 Å². The monoisotopic (exact) mass is 198 g/mol. The van der Waals surface area contributed by atoms with Crippen molar-refractivity contribution in [2.24, 2.45) is 10.7 Å². The average Bonchev–Trinajstić information content (AvgIpc) is 2.32. The number of aliphatic carboxylic acids is 1. The summed E-state index contributed by atoms with van der Waals surface area (Å²) < 4.78 is 0. The third-order valence-electron chi connectivity index (χ3n) is 2.72. The lowest BCUT2D eigenvalue weighted by Crippen LogP contribution is -2.52. The van der Waals surface area contributed by atoms with Crippen LogP contribution in [0, 0.1) is 0 Å². The first-order chi connectivity index (χ1) is 6.68. The molecule has 2 aliphatic heterocycles. The average molecular weight is 198 g/mol. The number of carbonyl (C=O) groups is 1. The lowest BCUT2D eigenvalue weighted by Gasteiger charge is -2.33. The van der Waals surface area contributed by atoms with Gasteiger partial charge in [-0.3, -0.25) is 9.69 Å². The fraction of sp³-hybridized carbons (Fsp3) is 0.750. The molecule has 2 rings (SSSR count). The summed E-state index contributed by atoms with van der Waals surface area (Å²) in [6, 6.07) is -0.406. The smallest absolute Gasteiger partial charge is 0.321 e. The Bertz CT molecular complexity index is 279. The normalized spacial score (nSPS) is 32.0. The summed E-state index contributed by atoms with van der Waals surface area (Å²) in [7, 11) is 0. The molecule has 1 fully saturated rings. The van der Waals surface area contributed by atoms with E-state index in [0.717, 1.165) is 13.0 Å². The van der Waals surface area contributed by atoms with Gasteiger partial charge < -0.3 is 15.7 Å². The minimum Gasteiger partial charge on any atom is -0.480 e. The van der Waals surface area contributed by atoms with E-state index < -0.39 is 12.0 Å². The molecule has 0 aromatic heterocycles. The third kappa shape index (κ3) is 1.52. The third-order valence-corrected chi connectivity index (χ3v) is 2.72. The molecule has 0 spiro atoms. The summed E-state index contributed by atoms with van der Waals surface area (Å²) in [6.45, 7) is 1.79. The molecule has 0 aliphatic carbocycles. The standard InChI is InChI=1S/C8H14N4O2/c9-8-10-4-12-5-11(8)3-1-2-6(12)7(13)14/h6H,1-5H2,(H2,9,10)(H,13,14)/t6-/m0/s1. The number of fused-ring (bicyclic) bond motifs is 2. The number of guanidine groups is 1. The maximum absolute atomic E-state index is 10.9. The van der Waals surface area contributed by atoms with Crippen LogP contribution in [0.15, 0.2) is 4.99 Å². The van der Waals surface area contributed by atoms with Crippen LogP contribution in [0.25, 0.3) is 0 Å². The molecule has 0 saturated carbocycles. The highest BCUT2D eigenvalue weighted by molar-refractivity contribution is 5.79. The number of rotatable bonds is 1. The lowest BCUT2D eigenvalue weighted by atomic mass is 10.1. The SMILES string of the molecule is NC1=NCN2CN1CCC[C@H]2C(=O)O. The van der Waals surface area contributed by atoms with Gasteiger partial charge >= 0.3 is 5.97 Å². The molecule has 14 heavy (non-hydrogen) atoms. The molecule has 2 aliphatic rings. The summed E-state index contributed by atoms with van der Waals surface area (Å²) >= 11 is 0. The molecule has 6 nitrogen and oxygen atoms in total. The van der Waals surface area contributed by atoms with Crippen LogP contribution in [0.5, 0.6) is 0 Å². The zero-order chi connectivity index (χ0) is 10.1. The van der Waals surface area contributed by atoms with E-state index >= 15 is 0 Å². The largest absolute Gasteiger partial charge is 0.480 e. The lowest BCUT2D eigenvalue weighted by molar-refractivity contribution is -0.143. The van der Waals surface area contributed by atoms with Gasteiger partial charge in [0.1, 0.15) is 6.04 Å². The predicted molar refractivity (Wildman–Crippen MR) is 50.6 cm³/mol. The summed E-state index contributed by atoms with van der Waals surface area (Å²) in [6.07, 6.45) is 1.53. The zero-order valence-electron chi connectivity index (χ0n) is 7.89. The topological polar surface area (TPSA) is 82.2 Å². The van der Waals surface area contributed by atoms with Crippen LogP contribution >= 0.6 is 0 Å². The molecule has 6 heteroatoms. The molecular weight excluding hydrogens is 184 g/mol. The molecule has 0 amide bonds. The van der Waals surface area contributed by atoms with Crippen molar-refractivity contribution >= 4 is 11.9 Å². The molecule has 2 atom stereocenters. The molecule has 1 unspecified atom stereocenters. The van der Waals surface area contributed by atoms with Crippen molar-refractivity contribution in [3.05, 3.63) is 0 Å². The molecule has 0 radical (unpaired) electrons. The van der Waals surface area contributed by atoms with E-state index in [9.17, 15) is 4.79 Å². The molecule has 0 aromatic rings. The van der Waals surface area contributed by atoms with E-state index in [4.69, 9.17) is 10.8 Å². The van der Waals surface area contributed by atoms with Gasteiger partial charge in [0.2, 0.25) is 0 Å². The highest BCUT2D eigenvalue weighted by Gasteiger charge is 2.32. The highest BCUT2D eigenvalue weighted by atomic mass is 16.4. The van der Waals surface area contributed by atoms with Crippen LogP contribution in [0.3, 0.4) is 0 Å². The second-order valence-electron chi connectivity index (χ2n) is 3.65. The second-order valence-corrected chi connectivity index (χ2v) is 3.65. The van der Waals surface area contributed by atoms with Crippen LogP contribution in [-0.4, -0.2) is 52.8 Å². The number of aliphatic imine (C=N–C) groups is 1. The van der Waals surface area contributed by atoms with Crippen LogP contribution in [0.4, 0.5) is 0 Å². The quantitative estimate of drug-likeness (QED) is 0.569. The van der Waals surface area contributed by atoms with Gasteiger partial charge in [0.25, 0.3) is 0 Å². The van der Waals surface area contributed by atoms with E-state index in [1.54, 1.807) is 0 Å². The van der Waals surface area contributed by atoms with Gasteiger partial charge in [-0.1, -0.05) is 0 Å². The Morgan fingerprint density at radius 3 is 3.14 bits per heavy atom. The molecule has 3 N–H and O–H groups in total. The number of carboxylic acid groups (broad SMARTS) is 1. The van der Waals surface area contributed by atoms with Crippen molar-refractivity contribution in [2.45, 2.75) is 18.9 Å². The summed E-state index contributed by atoms with van der Waals surface area (Å²) in [4.78, 5) is 18.8. The minimum atomic E-state index is -0.762. The predicted octanol–water partition coefficient (Wildman–Crippen LogP) is -0.919. The molecule has 2 bridgehead atoms. The first kappa shape index (κ1) is 9.26. The number of nitrogens with two attached hydrogens (primary N) is 1. The number of hydrogen-bond acceptors (Lipinski definition) is 5. The Labute approximate surface area is 82.0 Å². The Balaban J connectivity index is 2.17. The minimum absolute atomic E-state index is 0.402. The maximum Gasteiger partial charge on any atom is 0.321 e. The van der Waals surface area contributed by atoms with Crippen molar-refractivity contribution < 1.29 is 9.90 Å². The van der Waals surface area contributed by atoms with E-state index in [0.29, 0.717) is 25.7 Å². The molecule has 2 heterocycles. The van der Waals surface area contributed by atoms with Crippen LogP contribution < -0.4 is 5.73 Å². The van der Waals surface area contributed by atoms with Crippen molar-refractivity contribution in [3.63, 3.8) is 0 Å². The van der Waals surface area contributed by atoms with E-state index in [2.05, 4.69) is 4.99 Å². The summed E-state index contributed by atoms with van der Waals surface area (Å²) in [5.74, 6) is -0.227. The number of carboxylic acids is 1. The Morgan fingerprint density at radius 1 is 1.64 bits per heavy atom. The molecule has 78 valence electrons.